The number of ether oxygens (including phenoxy) is 1. The number of methoxy groups -OCH3 is 1. The first-order valence-electron chi connectivity index (χ1n) is 11.1. The molecule has 3 aromatic rings. The third-order valence-electron chi connectivity index (χ3n) is 5.42. The Morgan fingerprint density at radius 3 is 2.24 bits per heavy atom. The van der Waals surface area contributed by atoms with E-state index in [1.54, 1.807) is 35.0 Å². The van der Waals surface area contributed by atoms with E-state index in [0.717, 1.165) is 0 Å². The highest BCUT2D eigenvalue weighted by atomic mass is 19.4. The molecular weight excluding hydrogens is 507 g/mol. The summed E-state index contributed by atoms with van der Waals surface area (Å²) in [5.41, 5.74) is -2.42. The smallest absolute Gasteiger partial charge is 0.385 e. The Balaban J connectivity index is 1.85. The van der Waals surface area contributed by atoms with E-state index in [0.29, 0.717) is 29.8 Å². The van der Waals surface area contributed by atoms with Gasteiger partial charge in [-0.1, -0.05) is 12.1 Å². The monoisotopic (exact) mass is 531 g/mol. The van der Waals surface area contributed by atoms with Crippen molar-refractivity contribution in [2.75, 3.05) is 25.6 Å². The van der Waals surface area contributed by atoms with Crippen molar-refractivity contribution >= 4 is 11.7 Å². The predicted molar refractivity (Wildman–Crippen MR) is 122 cm³/mol. The number of rotatable bonds is 9. The van der Waals surface area contributed by atoms with Crippen molar-refractivity contribution in [2.24, 2.45) is 0 Å². The molecule has 5 nitrogen and oxygen atoms in total. The molecule has 0 atom stereocenters. The van der Waals surface area contributed by atoms with Crippen molar-refractivity contribution in [3.8, 4) is 0 Å². The molecule has 0 saturated carbocycles. The van der Waals surface area contributed by atoms with Crippen molar-refractivity contribution in [2.45, 2.75) is 31.9 Å². The van der Waals surface area contributed by atoms with Crippen LogP contribution in [-0.2, 0) is 30.2 Å². The van der Waals surface area contributed by atoms with Crippen LogP contribution in [0.15, 0.2) is 60.8 Å². The fourth-order valence-electron chi connectivity index (χ4n) is 3.66. The third-order valence-corrected chi connectivity index (χ3v) is 5.42. The van der Waals surface area contributed by atoms with Crippen LogP contribution in [0.5, 0.6) is 0 Å². The van der Waals surface area contributed by atoms with Crippen LogP contribution in [0.1, 0.15) is 28.8 Å². The number of urea groups is 1. The van der Waals surface area contributed by atoms with Crippen LogP contribution in [0.3, 0.4) is 0 Å². The Hall–Kier alpha value is -3.54. The molecule has 1 N–H and O–H groups in total. The number of hydrogen-bond acceptors (Lipinski definition) is 2. The second-order valence-corrected chi connectivity index (χ2v) is 8.25. The van der Waals surface area contributed by atoms with Crippen LogP contribution in [0.2, 0.25) is 0 Å². The number of aromatic nitrogens is 1. The number of alkyl halides is 6. The number of anilines is 1. The highest BCUT2D eigenvalue weighted by Gasteiger charge is 2.37. The lowest BCUT2D eigenvalue weighted by molar-refractivity contribution is -0.143. The lowest BCUT2D eigenvalue weighted by Gasteiger charge is -2.24. The van der Waals surface area contributed by atoms with Crippen molar-refractivity contribution in [1.82, 2.24) is 9.47 Å². The Bertz CT molecular complexity index is 1170. The minimum absolute atomic E-state index is 0.00862. The molecule has 0 radical (unpaired) electrons. The molecule has 0 saturated heterocycles. The maximum atomic E-state index is 13.6. The Labute approximate surface area is 208 Å². The summed E-state index contributed by atoms with van der Waals surface area (Å²) in [6.07, 6.45) is -8.01. The van der Waals surface area contributed by atoms with E-state index in [-0.39, 0.29) is 32.3 Å². The highest BCUT2D eigenvalue weighted by molar-refractivity contribution is 5.89. The minimum Gasteiger partial charge on any atom is -0.385 e. The number of benzene rings is 2. The van der Waals surface area contributed by atoms with E-state index in [1.165, 1.54) is 24.1 Å². The Kier molecular flexibility index (Phi) is 8.85. The van der Waals surface area contributed by atoms with Crippen molar-refractivity contribution in [3.05, 3.63) is 89.0 Å². The number of carbonyl (C=O) groups excluding carboxylic acids is 1. The number of nitrogens with zero attached hydrogens (tertiary/aromatic N) is 2. The van der Waals surface area contributed by atoms with Gasteiger partial charge in [0, 0.05) is 44.4 Å². The van der Waals surface area contributed by atoms with Gasteiger partial charge in [0.25, 0.3) is 0 Å². The van der Waals surface area contributed by atoms with E-state index in [1.807, 2.05) is 0 Å². The third kappa shape index (κ3) is 7.97. The largest absolute Gasteiger partial charge is 0.416 e. The van der Waals surface area contributed by atoms with Crippen LogP contribution in [-0.4, -0.2) is 35.8 Å². The molecule has 0 bridgehead atoms. The van der Waals surface area contributed by atoms with Gasteiger partial charge in [0.15, 0.2) is 0 Å². The van der Waals surface area contributed by atoms with Gasteiger partial charge in [0.05, 0.1) is 17.7 Å². The van der Waals surface area contributed by atoms with Gasteiger partial charge in [-0.25, -0.2) is 9.18 Å². The summed E-state index contributed by atoms with van der Waals surface area (Å²) in [5.74, 6) is -0.411. The van der Waals surface area contributed by atoms with Gasteiger partial charge in [0.2, 0.25) is 0 Å². The zero-order valence-corrected chi connectivity index (χ0v) is 19.7. The van der Waals surface area contributed by atoms with Crippen LogP contribution in [0.25, 0.3) is 0 Å². The molecule has 2 aromatic carbocycles. The van der Waals surface area contributed by atoms with Gasteiger partial charge in [0.1, 0.15) is 5.82 Å². The lowest BCUT2D eigenvalue weighted by Crippen LogP contribution is -2.36. The van der Waals surface area contributed by atoms with Gasteiger partial charge >= 0.3 is 18.4 Å². The fourth-order valence-corrected chi connectivity index (χ4v) is 3.66. The molecule has 0 spiro atoms. The molecule has 0 fully saturated rings. The van der Waals surface area contributed by atoms with E-state index in [2.05, 4.69) is 5.32 Å². The summed E-state index contributed by atoms with van der Waals surface area (Å²) in [6.45, 7) is 0.658. The summed E-state index contributed by atoms with van der Waals surface area (Å²) in [5, 5.41) is 2.17. The van der Waals surface area contributed by atoms with Crippen molar-refractivity contribution < 1.29 is 40.3 Å². The van der Waals surface area contributed by atoms with E-state index >= 15 is 0 Å². The molecule has 37 heavy (non-hydrogen) atoms. The van der Waals surface area contributed by atoms with E-state index in [9.17, 15) is 35.5 Å². The number of nitrogens with one attached hydrogen (secondary N) is 1. The van der Waals surface area contributed by atoms with Gasteiger partial charge < -0.3 is 19.5 Å². The Morgan fingerprint density at radius 1 is 0.973 bits per heavy atom. The predicted octanol–water partition coefficient (Wildman–Crippen LogP) is 6.78. The topological polar surface area (TPSA) is 46.5 Å². The van der Waals surface area contributed by atoms with Crippen LogP contribution in [0, 0.1) is 5.82 Å². The molecule has 0 unspecified atom stereocenters. The summed E-state index contributed by atoms with van der Waals surface area (Å²) < 4.78 is 99.6. The second kappa shape index (κ2) is 11.7. The molecule has 0 aliphatic heterocycles. The summed E-state index contributed by atoms with van der Waals surface area (Å²) in [7, 11) is 1.45. The average Bonchev–Trinajstić information content (AvgIpc) is 3.23. The fraction of sp³-hybridized carbons (Fsp3) is 0.320. The van der Waals surface area contributed by atoms with E-state index in [4.69, 9.17) is 4.74 Å². The zero-order chi connectivity index (χ0) is 27.2. The second-order valence-electron chi connectivity index (χ2n) is 8.25. The molecule has 200 valence electrons. The summed E-state index contributed by atoms with van der Waals surface area (Å²) >= 11 is 0. The zero-order valence-electron chi connectivity index (χ0n) is 19.7. The maximum absolute atomic E-state index is 13.6. The SMILES string of the molecule is COCCCN(Cc1cccn1Cc1cccc(F)c1)C(=O)Nc1cc(C(F)(F)F)cc(C(F)(F)F)c1. The summed E-state index contributed by atoms with van der Waals surface area (Å²) in [6, 6.07) is 9.38. The van der Waals surface area contributed by atoms with Crippen molar-refractivity contribution in [3.63, 3.8) is 0 Å². The molecular formula is C25H24F7N3O2. The van der Waals surface area contributed by atoms with E-state index < -0.39 is 41.0 Å². The first-order valence-corrected chi connectivity index (χ1v) is 11.1. The van der Waals surface area contributed by atoms with Gasteiger partial charge in [-0.2, -0.15) is 26.3 Å². The molecule has 1 aromatic heterocycles. The first kappa shape index (κ1) is 28.0. The van der Waals surface area contributed by atoms with Gasteiger partial charge in [-0.3, -0.25) is 0 Å². The standard InChI is InChI=1S/C25H24F7N3O2/c1-37-10-4-9-35(16-22-7-3-8-34(22)15-17-5-2-6-20(26)11-17)23(36)33-21-13-18(24(27,28)29)12-19(14-21)25(30,31)32/h2-3,5-8,11-14H,4,9-10,15-16H2,1H3,(H,33,36). The molecule has 3 rings (SSSR count). The quantitative estimate of drug-likeness (QED) is 0.244. The average molecular weight is 531 g/mol. The molecule has 1 heterocycles. The lowest BCUT2D eigenvalue weighted by atomic mass is 10.1. The molecule has 12 heteroatoms. The maximum Gasteiger partial charge on any atom is 0.416 e. The first-order chi connectivity index (χ1) is 17.4. The summed E-state index contributed by atoms with van der Waals surface area (Å²) in [4.78, 5) is 14.3. The van der Waals surface area contributed by atoms with Crippen LogP contribution < -0.4 is 5.32 Å². The van der Waals surface area contributed by atoms with Crippen LogP contribution in [0.4, 0.5) is 41.2 Å². The number of halogens is 7. The van der Waals surface area contributed by atoms with Crippen molar-refractivity contribution in [1.29, 1.82) is 0 Å². The number of amides is 2. The Morgan fingerprint density at radius 2 is 1.65 bits per heavy atom. The molecule has 0 aliphatic rings. The normalized spacial score (nSPS) is 12.0. The minimum atomic E-state index is -5.05. The highest BCUT2D eigenvalue weighted by Crippen LogP contribution is 2.37. The molecule has 0 aliphatic carbocycles. The van der Waals surface area contributed by atoms with Crippen LogP contribution >= 0.6 is 0 Å². The van der Waals surface area contributed by atoms with Gasteiger partial charge in [-0.05, 0) is 54.4 Å². The molecule has 2 amide bonds. The number of hydrogen-bond donors (Lipinski definition) is 1. The number of carbonyl (C=O) groups is 1. The van der Waals surface area contributed by atoms with Gasteiger partial charge in [-0.15, -0.1) is 0 Å².